The van der Waals surface area contributed by atoms with E-state index in [1.165, 1.54) is 34.7 Å². The molecule has 3 fully saturated rings. The molecule has 0 aliphatic heterocycles. The lowest BCUT2D eigenvalue weighted by Gasteiger charge is -2.60. The fourth-order valence-corrected chi connectivity index (χ4v) is 10.2. The maximum atomic E-state index is 13.7. The second-order valence-electron chi connectivity index (χ2n) is 13.3. The van der Waals surface area contributed by atoms with Crippen molar-refractivity contribution < 1.29 is 15.0 Å². The van der Waals surface area contributed by atoms with Gasteiger partial charge in [0.1, 0.15) is 5.60 Å². The molecule has 4 aliphatic rings. The van der Waals surface area contributed by atoms with E-state index in [4.69, 9.17) is 5.10 Å². The summed E-state index contributed by atoms with van der Waals surface area (Å²) in [5.74, 6) is 0.523. The van der Waals surface area contributed by atoms with Crippen LogP contribution in [-0.4, -0.2) is 48.3 Å². The van der Waals surface area contributed by atoms with Crippen molar-refractivity contribution in [3.05, 3.63) is 77.8 Å². The SMILES string of the molecule is C=CN=C(C=CC)SCC(=O)C1(O)CCC2C3CCC4=Cc5c(cnn5-c5ccccc5C)CC4(C)C3C(O)CC21C. The molecule has 3 saturated carbocycles. The number of hydrogen-bond acceptors (Lipinski definition) is 6. The van der Waals surface area contributed by atoms with E-state index < -0.39 is 17.1 Å². The second-order valence-corrected chi connectivity index (χ2v) is 14.3. The van der Waals surface area contributed by atoms with E-state index in [-0.39, 0.29) is 34.7 Å². The molecule has 1 aromatic carbocycles. The molecule has 42 heavy (non-hydrogen) atoms. The lowest BCUT2D eigenvalue weighted by Crippen LogP contribution is -2.62. The Balaban J connectivity index is 1.27. The molecule has 6 nitrogen and oxygen atoms in total. The molecule has 7 heteroatoms. The summed E-state index contributed by atoms with van der Waals surface area (Å²) in [6.07, 6.45) is 13.4. The monoisotopic (exact) mass is 585 g/mol. The zero-order valence-corrected chi connectivity index (χ0v) is 26.0. The Morgan fingerprint density at radius 3 is 2.81 bits per heavy atom. The summed E-state index contributed by atoms with van der Waals surface area (Å²) in [5, 5.41) is 29.5. The van der Waals surface area contributed by atoms with Gasteiger partial charge in [-0.3, -0.25) is 9.79 Å². The third kappa shape index (κ3) is 4.34. The van der Waals surface area contributed by atoms with E-state index in [0.29, 0.717) is 17.9 Å². The number of aromatic nitrogens is 2. The van der Waals surface area contributed by atoms with Gasteiger partial charge in [0.15, 0.2) is 5.78 Å². The van der Waals surface area contributed by atoms with Gasteiger partial charge in [-0.15, -0.1) is 0 Å². The van der Waals surface area contributed by atoms with Crippen molar-refractivity contribution in [1.29, 1.82) is 0 Å². The van der Waals surface area contributed by atoms with E-state index in [2.05, 4.69) is 67.4 Å². The van der Waals surface area contributed by atoms with Gasteiger partial charge < -0.3 is 10.2 Å². The van der Waals surface area contributed by atoms with Gasteiger partial charge in [0.2, 0.25) is 0 Å². The van der Waals surface area contributed by atoms with Crippen molar-refractivity contribution in [3.8, 4) is 5.69 Å². The predicted octanol–water partition coefficient (Wildman–Crippen LogP) is 6.49. The Kier molecular flexibility index (Phi) is 7.52. The summed E-state index contributed by atoms with van der Waals surface area (Å²) in [7, 11) is 0. The number of allylic oxidation sites excluding steroid dienone is 2. The largest absolute Gasteiger partial charge is 0.393 e. The molecule has 0 saturated heterocycles. The summed E-state index contributed by atoms with van der Waals surface area (Å²) < 4.78 is 2.07. The summed E-state index contributed by atoms with van der Waals surface area (Å²) >= 11 is 1.34. The van der Waals surface area contributed by atoms with Crippen LogP contribution in [0.5, 0.6) is 0 Å². The van der Waals surface area contributed by atoms with Crippen LogP contribution in [0.15, 0.2) is 66.0 Å². The standard InChI is InChI=1S/C35H43N3O3S/c1-6-10-31(36-7-2)42-21-30(40)35(41)16-15-26-25-14-13-24-17-28-23(20-37-38(28)27-12-9-8-11-22(27)3)18-33(24,4)32(25)29(39)19-34(26,35)5/h6-12,17,20,25-26,29,32,39,41H,2,13-16,18-19,21H2,1,3-5H3. The van der Waals surface area contributed by atoms with Gasteiger partial charge >= 0.3 is 0 Å². The highest BCUT2D eigenvalue weighted by atomic mass is 32.2. The van der Waals surface area contributed by atoms with Crippen LogP contribution in [0.3, 0.4) is 0 Å². The summed E-state index contributed by atoms with van der Waals surface area (Å²) in [5.41, 5.74) is 3.77. The van der Waals surface area contributed by atoms with Gasteiger partial charge in [-0.05, 0) is 105 Å². The first-order chi connectivity index (χ1) is 20.1. The highest BCUT2D eigenvalue weighted by Crippen LogP contribution is 2.67. The number of ketones is 1. The number of aliphatic hydroxyl groups excluding tert-OH is 1. The Hall–Kier alpha value is -2.74. The first-order valence-corrected chi connectivity index (χ1v) is 16.3. The minimum Gasteiger partial charge on any atom is -0.393 e. The first-order valence-electron chi connectivity index (χ1n) is 15.3. The average molecular weight is 586 g/mol. The Morgan fingerprint density at radius 1 is 1.29 bits per heavy atom. The topological polar surface area (TPSA) is 87.7 Å². The minimum absolute atomic E-state index is 0.0818. The van der Waals surface area contributed by atoms with Crippen LogP contribution in [-0.2, 0) is 11.2 Å². The number of benzene rings is 1. The van der Waals surface area contributed by atoms with Crippen LogP contribution in [0, 0.1) is 35.5 Å². The van der Waals surface area contributed by atoms with Crippen molar-refractivity contribution >= 4 is 28.7 Å². The number of aryl methyl sites for hydroxylation is 1. The van der Waals surface area contributed by atoms with E-state index >= 15 is 0 Å². The molecule has 2 N–H and O–H groups in total. The van der Waals surface area contributed by atoms with E-state index in [0.717, 1.165) is 37.1 Å². The number of rotatable bonds is 6. The molecule has 7 unspecified atom stereocenters. The number of aliphatic imine (C=N–C) groups is 1. The van der Waals surface area contributed by atoms with Gasteiger partial charge in [-0.1, -0.05) is 62.0 Å². The zero-order chi connectivity index (χ0) is 29.9. The Labute approximate surface area is 253 Å². The Bertz CT molecular complexity index is 1510. The number of Topliss-reactive ketones (excluding diaryl/α,β-unsaturated/α-hetero) is 1. The van der Waals surface area contributed by atoms with Crippen LogP contribution in [0.1, 0.15) is 69.7 Å². The van der Waals surface area contributed by atoms with E-state index in [1.807, 2.05) is 25.3 Å². The number of thioether (sulfide) groups is 1. The second kappa shape index (κ2) is 10.8. The molecule has 0 spiro atoms. The molecule has 4 aliphatic carbocycles. The van der Waals surface area contributed by atoms with Crippen LogP contribution in [0.4, 0.5) is 0 Å². The number of carbonyl (C=O) groups excluding carboxylic acids is 1. The molecular formula is C35H43N3O3S. The third-order valence-electron chi connectivity index (χ3n) is 11.3. The molecule has 7 atom stereocenters. The van der Waals surface area contributed by atoms with Crippen molar-refractivity contribution in [2.45, 2.75) is 77.9 Å². The third-order valence-corrected chi connectivity index (χ3v) is 12.2. The van der Waals surface area contributed by atoms with Gasteiger partial charge in [-0.2, -0.15) is 5.10 Å². The lowest BCUT2D eigenvalue weighted by atomic mass is 9.45. The highest BCUT2D eigenvalue weighted by molar-refractivity contribution is 8.14. The summed E-state index contributed by atoms with van der Waals surface area (Å²) in [6.45, 7) is 12.1. The lowest BCUT2D eigenvalue weighted by molar-refractivity contribution is -0.177. The molecule has 1 aromatic heterocycles. The van der Waals surface area contributed by atoms with Crippen LogP contribution < -0.4 is 0 Å². The number of fused-ring (bicyclic) bond motifs is 6. The Morgan fingerprint density at radius 2 is 2.07 bits per heavy atom. The zero-order valence-electron chi connectivity index (χ0n) is 25.2. The van der Waals surface area contributed by atoms with E-state index in [1.54, 1.807) is 0 Å². The number of nitrogens with zero attached hydrogens (tertiary/aromatic N) is 3. The maximum absolute atomic E-state index is 13.7. The van der Waals surface area contributed by atoms with Crippen LogP contribution in [0.2, 0.25) is 0 Å². The van der Waals surface area contributed by atoms with Crippen molar-refractivity contribution in [2.24, 2.45) is 33.6 Å². The van der Waals surface area contributed by atoms with Crippen LogP contribution >= 0.6 is 11.8 Å². The molecule has 6 rings (SSSR count). The number of aliphatic hydroxyl groups is 2. The maximum Gasteiger partial charge on any atom is 0.175 e. The van der Waals surface area contributed by atoms with Crippen molar-refractivity contribution in [1.82, 2.24) is 9.78 Å². The normalized spacial score (nSPS) is 35.7. The molecule has 0 bridgehead atoms. The fourth-order valence-electron chi connectivity index (χ4n) is 9.26. The molecule has 1 heterocycles. The molecular weight excluding hydrogens is 542 g/mol. The summed E-state index contributed by atoms with van der Waals surface area (Å²) in [4.78, 5) is 18.0. The highest BCUT2D eigenvalue weighted by Gasteiger charge is 2.68. The van der Waals surface area contributed by atoms with Gasteiger partial charge in [0.25, 0.3) is 0 Å². The number of carbonyl (C=O) groups is 1. The number of hydrogen-bond donors (Lipinski definition) is 2. The average Bonchev–Trinajstić information content (AvgIpc) is 3.47. The van der Waals surface area contributed by atoms with Crippen LogP contribution in [0.25, 0.3) is 11.8 Å². The summed E-state index contributed by atoms with van der Waals surface area (Å²) in [6, 6.07) is 8.34. The van der Waals surface area contributed by atoms with Crippen molar-refractivity contribution in [3.63, 3.8) is 0 Å². The van der Waals surface area contributed by atoms with E-state index in [9.17, 15) is 15.0 Å². The molecule has 2 aromatic rings. The predicted molar refractivity (Wildman–Crippen MR) is 171 cm³/mol. The first kappa shape index (κ1) is 29.3. The van der Waals surface area contributed by atoms with Crippen molar-refractivity contribution in [2.75, 3.05) is 5.75 Å². The van der Waals surface area contributed by atoms with Gasteiger partial charge in [0, 0.05) is 11.6 Å². The van der Waals surface area contributed by atoms with Gasteiger partial charge in [-0.25, -0.2) is 4.68 Å². The molecule has 222 valence electrons. The van der Waals surface area contributed by atoms with Gasteiger partial charge in [0.05, 0.1) is 34.5 Å². The minimum atomic E-state index is -1.45. The quantitative estimate of drug-likeness (QED) is 0.299. The molecule has 0 radical (unpaired) electrons. The smallest absolute Gasteiger partial charge is 0.175 e. The molecule has 0 amide bonds. The number of para-hydroxylation sites is 1. The fraction of sp³-hybridized carbons (Fsp3) is 0.514.